The van der Waals surface area contributed by atoms with Gasteiger partial charge >= 0.3 is 0 Å². The molecule has 2 N–H and O–H groups in total. The number of phenols is 2. The standard InChI is InChI=1S/C16H15BrO4/c1-21-8-7-11-14(12(18)9-13(19)15(11)17)16(20)10-5-3-2-4-6-10/h2-6,9,18-19H,7-8H2,1H3. The van der Waals surface area contributed by atoms with Gasteiger partial charge in [-0.25, -0.2) is 0 Å². The Balaban J connectivity index is 2.56. The van der Waals surface area contributed by atoms with Crippen LogP contribution in [0, 0.1) is 0 Å². The fraction of sp³-hybridized carbons (Fsp3) is 0.188. The first-order chi connectivity index (χ1) is 10.1. The summed E-state index contributed by atoms with van der Waals surface area (Å²) in [5.41, 5.74) is 1.19. The van der Waals surface area contributed by atoms with Crippen LogP contribution in [0.4, 0.5) is 0 Å². The molecule has 0 aliphatic carbocycles. The largest absolute Gasteiger partial charge is 0.507 e. The summed E-state index contributed by atoms with van der Waals surface area (Å²) in [6.07, 6.45) is 0.396. The van der Waals surface area contributed by atoms with Crippen LogP contribution < -0.4 is 0 Å². The maximum absolute atomic E-state index is 12.6. The summed E-state index contributed by atoms with van der Waals surface area (Å²) in [4.78, 5) is 12.6. The van der Waals surface area contributed by atoms with E-state index in [1.807, 2.05) is 6.07 Å². The number of rotatable bonds is 5. The topological polar surface area (TPSA) is 66.8 Å². The SMILES string of the molecule is COCCc1c(Br)c(O)cc(O)c1C(=O)c1ccccc1. The molecule has 2 aromatic rings. The van der Waals surface area contributed by atoms with Gasteiger partial charge in [0.25, 0.3) is 0 Å². The molecule has 0 amide bonds. The summed E-state index contributed by atoms with van der Waals surface area (Å²) in [7, 11) is 1.55. The first-order valence-corrected chi connectivity index (χ1v) is 7.17. The van der Waals surface area contributed by atoms with Crippen LogP contribution in [0.5, 0.6) is 11.5 Å². The predicted octanol–water partition coefficient (Wildman–Crippen LogP) is 3.28. The molecule has 0 aliphatic heterocycles. The number of carbonyl (C=O) groups is 1. The Morgan fingerprint density at radius 1 is 1.19 bits per heavy atom. The lowest BCUT2D eigenvalue weighted by Crippen LogP contribution is -2.09. The van der Waals surface area contributed by atoms with E-state index in [1.165, 1.54) is 0 Å². The van der Waals surface area contributed by atoms with E-state index in [4.69, 9.17) is 4.74 Å². The number of carbonyl (C=O) groups excluding carboxylic acids is 1. The zero-order valence-electron chi connectivity index (χ0n) is 11.5. The summed E-state index contributed by atoms with van der Waals surface area (Å²) < 4.78 is 5.43. The molecule has 0 saturated heterocycles. The zero-order chi connectivity index (χ0) is 15.4. The number of hydrogen-bond donors (Lipinski definition) is 2. The second-order valence-corrected chi connectivity index (χ2v) is 5.31. The van der Waals surface area contributed by atoms with Crippen LogP contribution in [0.15, 0.2) is 40.9 Å². The molecule has 0 fully saturated rings. The van der Waals surface area contributed by atoms with Gasteiger partial charge < -0.3 is 14.9 Å². The summed E-state index contributed by atoms with van der Waals surface area (Å²) in [5, 5.41) is 19.9. The van der Waals surface area contributed by atoms with E-state index in [0.29, 0.717) is 28.6 Å². The fourth-order valence-electron chi connectivity index (χ4n) is 2.11. The minimum absolute atomic E-state index is 0.108. The summed E-state index contributed by atoms with van der Waals surface area (Å²) in [6.45, 7) is 0.372. The molecule has 5 heteroatoms. The van der Waals surface area contributed by atoms with Gasteiger partial charge in [0.05, 0.1) is 16.6 Å². The maximum atomic E-state index is 12.6. The van der Waals surface area contributed by atoms with Crippen LogP contribution in [0.25, 0.3) is 0 Å². The number of ether oxygens (including phenoxy) is 1. The van der Waals surface area contributed by atoms with E-state index < -0.39 is 0 Å². The van der Waals surface area contributed by atoms with Crippen LogP contribution >= 0.6 is 15.9 Å². The van der Waals surface area contributed by atoms with Gasteiger partial charge in [-0.05, 0) is 27.9 Å². The van der Waals surface area contributed by atoms with E-state index in [-0.39, 0.29) is 22.8 Å². The lowest BCUT2D eigenvalue weighted by Gasteiger charge is -2.14. The van der Waals surface area contributed by atoms with Gasteiger partial charge in [-0.15, -0.1) is 0 Å². The highest BCUT2D eigenvalue weighted by atomic mass is 79.9. The van der Waals surface area contributed by atoms with Crippen LogP contribution in [0.1, 0.15) is 21.5 Å². The molecule has 110 valence electrons. The van der Waals surface area contributed by atoms with Gasteiger partial charge in [-0.1, -0.05) is 30.3 Å². The molecule has 0 aliphatic rings. The van der Waals surface area contributed by atoms with Crippen molar-refractivity contribution < 1.29 is 19.7 Å². The monoisotopic (exact) mass is 350 g/mol. The van der Waals surface area contributed by atoms with Gasteiger partial charge in [-0.2, -0.15) is 0 Å². The number of benzene rings is 2. The number of halogens is 1. The predicted molar refractivity (Wildman–Crippen MR) is 82.9 cm³/mol. The van der Waals surface area contributed by atoms with E-state index in [0.717, 1.165) is 6.07 Å². The third kappa shape index (κ3) is 3.25. The van der Waals surface area contributed by atoms with Gasteiger partial charge in [0.1, 0.15) is 11.5 Å². The molecule has 0 atom stereocenters. The summed E-state index contributed by atoms with van der Waals surface area (Å²) in [6, 6.07) is 9.86. The molecular weight excluding hydrogens is 336 g/mol. The Labute approximate surface area is 131 Å². The highest BCUT2D eigenvalue weighted by molar-refractivity contribution is 9.10. The molecule has 0 spiro atoms. The first-order valence-electron chi connectivity index (χ1n) is 6.38. The average Bonchev–Trinajstić information content (AvgIpc) is 2.49. The van der Waals surface area contributed by atoms with Crippen LogP contribution in [0.2, 0.25) is 0 Å². The van der Waals surface area contributed by atoms with E-state index in [2.05, 4.69) is 15.9 Å². The van der Waals surface area contributed by atoms with E-state index >= 15 is 0 Å². The van der Waals surface area contributed by atoms with E-state index in [1.54, 1.807) is 31.4 Å². The number of phenolic OH excluding ortho intramolecular Hbond substituents is 2. The summed E-state index contributed by atoms with van der Waals surface area (Å²) in [5.74, 6) is -0.640. The Bertz CT molecular complexity index is 653. The molecule has 0 saturated carbocycles. The van der Waals surface area contributed by atoms with Gasteiger partial charge in [0, 0.05) is 18.7 Å². The maximum Gasteiger partial charge on any atom is 0.197 e. The molecule has 21 heavy (non-hydrogen) atoms. The first kappa shape index (κ1) is 15.5. The number of methoxy groups -OCH3 is 1. The Kier molecular flexibility index (Phi) is 4.98. The molecule has 2 aromatic carbocycles. The normalized spacial score (nSPS) is 10.6. The highest BCUT2D eigenvalue weighted by Gasteiger charge is 2.22. The quantitative estimate of drug-likeness (QED) is 0.812. The Morgan fingerprint density at radius 3 is 2.48 bits per heavy atom. The van der Waals surface area contributed by atoms with Crippen LogP contribution in [-0.2, 0) is 11.2 Å². The number of hydrogen-bond acceptors (Lipinski definition) is 4. The molecule has 0 aromatic heterocycles. The third-order valence-electron chi connectivity index (χ3n) is 3.14. The third-order valence-corrected chi connectivity index (χ3v) is 4.03. The molecule has 0 unspecified atom stereocenters. The molecule has 0 radical (unpaired) electrons. The van der Waals surface area contributed by atoms with Crippen molar-refractivity contribution in [2.75, 3.05) is 13.7 Å². The van der Waals surface area contributed by atoms with Gasteiger partial charge in [0.15, 0.2) is 5.78 Å². The van der Waals surface area contributed by atoms with Gasteiger partial charge in [0.2, 0.25) is 0 Å². The smallest absolute Gasteiger partial charge is 0.197 e. The molecular formula is C16H15BrO4. The van der Waals surface area contributed by atoms with Crippen molar-refractivity contribution in [3.8, 4) is 11.5 Å². The lowest BCUT2D eigenvalue weighted by atomic mass is 9.95. The van der Waals surface area contributed by atoms with Crippen LogP contribution in [0.3, 0.4) is 0 Å². The zero-order valence-corrected chi connectivity index (χ0v) is 13.1. The Morgan fingerprint density at radius 2 is 1.86 bits per heavy atom. The number of aromatic hydroxyl groups is 2. The molecule has 0 bridgehead atoms. The summed E-state index contributed by atoms with van der Waals surface area (Å²) >= 11 is 3.27. The van der Waals surface area contributed by atoms with Crippen molar-refractivity contribution in [3.63, 3.8) is 0 Å². The minimum Gasteiger partial charge on any atom is -0.507 e. The average molecular weight is 351 g/mol. The minimum atomic E-state index is -0.292. The molecule has 4 nitrogen and oxygen atoms in total. The van der Waals surface area contributed by atoms with E-state index in [9.17, 15) is 15.0 Å². The van der Waals surface area contributed by atoms with Crippen molar-refractivity contribution in [2.45, 2.75) is 6.42 Å². The fourth-order valence-corrected chi connectivity index (χ4v) is 2.62. The van der Waals surface area contributed by atoms with Crippen molar-refractivity contribution in [1.82, 2.24) is 0 Å². The number of ketones is 1. The Hall–Kier alpha value is -1.85. The lowest BCUT2D eigenvalue weighted by molar-refractivity contribution is 0.103. The van der Waals surface area contributed by atoms with Gasteiger partial charge in [-0.3, -0.25) is 4.79 Å². The van der Waals surface area contributed by atoms with Crippen molar-refractivity contribution in [2.24, 2.45) is 0 Å². The van der Waals surface area contributed by atoms with Crippen LogP contribution in [-0.4, -0.2) is 29.7 Å². The molecule has 2 rings (SSSR count). The molecule has 0 heterocycles. The van der Waals surface area contributed by atoms with Crippen molar-refractivity contribution in [3.05, 3.63) is 57.6 Å². The second-order valence-electron chi connectivity index (χ2n) is 4.52. The van der Waals surface area contributed by atoms with Crippen molar-refractivity contribution >= 4 is 21.7 Å². The van der Waals surface area contributed by atoms with Crippen molar-refractivity contribution in [1.29, 1.82) is 0 Å². The second kappa shape index (κ2) is 6.74. The highest BCUT2D eigenvalue weighted by Crippen LogP contribution is 2.37.